The number of halogens is 2. The van der Waals surface area contributed by atoms with E-state index in [9.17, 15) is 27.5 Å². The second kappa shape index (κ2) is 14.7. The molecule has 3 aromatic carbocycles. The summed E-state index contributed by atoms with van der Waals surface area (Å²) >= 11 is 0. The summed E-state index contributed by atoms with van der Waals surface area (Å²) in [5.74, 6) is -5.11. The number of nitrogens with zero attached hydrogens (tertiary/aromatic N) is 4. The number of amides is 2. The van der Waals surface area contributed by atoms with E-state index in [1.54, 1.807) is 36.1 Å². The van der Waals surface area contributed by atoms with Crippen molar-refractivity contribution in [2.75, 3.05) is 56.7 Å². The standard InChI is InChI=1S/C37H42F2N4O7S/c1-3-15-40-18-20-41(21-19-40)27-13-16-42(17-14-27)34(44)24-37(28-7-5-6-8-32(28)50-4-2)29-22-25(35(45)46)9-11-31(29)43(36(37)47)51(48,49)33-12-10-26(38)23-30(33)39/h5-12,22-23,27H,3-4,13-21,24H2,1-2H3,(H,45,46). The number of piperazine rings is 1. The van der Waals surface area contributed by atoms with Gasteiger partial charge in [0, 0.05) is 63.4 Å². The topological polar surface area (TPSA) is 128 Å². The Balaban J connectivity index is 1.41. The van der Waals surface area contributed by atoms with Gasteiger partial charge < -0.3 is 19.6 Å². The van der Waals surface area contributed by atoms with Crippen LogP contribution in [0.5, 0.6) is 5.75 Å². The maximum Gasteiger partial charge on any atom is 0.335 e. The Morgan fingerprint density at radius 2 is 1.63 bits per heavy atom. The summed E-state index contributed by atoms with van der Waals surface area (Å²) < 4.78 is 63.7. The van der Waals surface area contributed by atoms with Crippen molar-refractivity contribution in [2.45, 2.75) is 55.9 Å². The molecule has 3 heterocycles. The summed E-state index contributed by atoms with van der Waals surface area (Å²) in [6.45, 7) is 9.86. The van der Waals surface area contributed by atoms with Crippen molar-refractivity contribution >= 4 is 33.5 Å². The van der Waals surface area contributed by atoms with Crippen LogP contribution in [0, 0.1) is 11.6 Å². The molecular formula is C37H42F2N4O7S. The van der Waals surface area contributed by atoms with E-state index < -0.39 is 56.2 Å². The highest BCUT2D eigenvalue weighted by Crippen LogP contribution is 2.53. The number of ether oxygens (including phenoxy) is 1. The molecule has 1 N–H and O–H groups in total. The molecule has 272 valence electrons. The Kier molecular flexibility index (Phi) is 10.5. The van der Waals surface area contributed by atoms with E-state index in [4.69, 9.17) is 4.74 Å². The van der Waals surface area contributed by atoms with Gasteiger partial charge in [-0.25, -0.2) is 26.3 Å². The molecule has 0 saturated carbocycles. The normalized spacial score (nSPS) is 20.4. The van der Waals surface area contributed by atoms with Crippen molar-refractivity contribution in [3.05, 3.63) is 89.0 Å². The summed E-state index contributed by atoms with van der Waals surface area (Å²) in [7, 11) is -5.05. The quantitative estimate of drug-likeness (QED) is 0.304. The van der Waals surface area contributed by atoms with E-state index in [0.717, 1.165) is 76.3 Å². The third kappa shape index (κ3) is 6.72. The van der Waals surface area contributed by atoms with Gasteiger partial charge in [0.05, 0.1) is 17.9 Å². The Morgan fingerprint density at radius 3 is 2.27 bits per heavy atom. The number of rotatable bonds is 11. The van der Waals surface area contributed by atoms with Gasteiger partial charge in [-0.1, -0.05) is 25.1 Å². The Hall–Kier alpha value is -4.40. The largest absolute Gasteiger partial charge is 0.494 e. The zero-order chi connectivity index (χ0) is 36.5. The van der Waals surface area contributed by atoms with Crippen molar-refractivity contribution in [3.63, 3.8) is 0 Å². The van der Waals surface area contributed by atoms with Gasteiger partial charge in [-0.05, 0) is 74.7 Å². The second-order valence-electron chi connectivity index (χ2n) is 13.2. The van der Waals surface area contributed by atoms with Gasteiger partial charge in [-0.3, -0.25) is 14.5 Å². The predicted octanol–water partition coefficient (Wildman–Crippen LogP) is 4.49. The first-order valence-electron chi connectivity index (χ1n) is 17.3. The van der Waals surface area contributed by atoms with Crippen LogP contribution < -0.4 is 9.04 Å². The lowest BCUT2D eigenvalue weighted by Crippen LogP contribution is -2.54. The lowest BCUT2D eigenvalue weighted by atomic mass is 9.71. The van der Waals surface area contributed by atoms with Gasteiger partial charge in [0.1, 0.15) is 27.7 Å². The Labute approximate surface area is 296 Å². The summed E-state index contributed by atoms with van der Waals surface area (Å²) in [6, 6.07) is 12.1. The van der Waals surface area contributed by atoms with E-state index in [0.29, 0.717) is 29.5 Å². The first kappa shape index (κ1) is 36.4. The number of carboxylic acid groups (broad SMARTS) is 1. The summed E-state index contributed by atoms with van der Waals surface area (Å²) in [5, 5.41) is 9.98. The minimum absolute atomic E-state index is 0.0566. The zero-order valence-electron chi connectivity index (χ0n) is 28.7. The van der Waals surface area contributed by atoms with Crippen LogP contribution in [-0.4, -0.2) is 104 Å². The summed E-state index contributed by atoms with van der Waals surface area (Å²) in [5.41, 5.74) is -2.47. The van der Waals surface area contributed by atoms with Gasteiger partial charge in [0.25, 0.3) is 15.9 Å². The summed E-state index contributed by atoms with van der Waals surface area (Å²) in [4.78, 5) is 47.3. The molecule has 0 bridgehead atoms. The molecule has 2 fully saturated rings. The van der Waals surface area contributed by atoms with Crippen molar-refractivity contribution < 1.29 is 41.4 Å². The third-order valence-corrected chi connectivity index (χ3v) is 12.0. The molecule has 2 amide bonds. The number of carbonyl (C=O) groups is 3. The first-order valence-corrected chi connectivity index (χ1v) is 18.8. The van der Waals surface area contributed by atoms with E-state index in [1.165, 1.54) is 6.07 Å². The first-order chi connectivity index (χ1) is 24.4. The minimum atomic E-state index is -5.05. The molecule has 0 aliphatic carbocycles. The number of para-hydroxylation sites is 1. The number of benzene rings is 3. The number of hydrogen-bond donors (Lipinski definition) is 1. The molecule has 0 spiro atoms. The maximum atomic E-state index is 15.1. The van der Waals surface area contributed by atoms with Crippen LogP contribution in [0.15, 0.2) is 65.6 Å². The number of fused-ring (bicyclic) bond motifs is 1. The van der Waals surface area contributed by atoms with Gasteiger partial charge >= 0.3 is 5.97 Å². The average Bonchev–Trinajstić information content (AvgIpc) is 3.36. The SMILES string of the molecule is CCCN1CCN(C2CCN(C(=O)CC3(c4ccccc4OCC)C(=O)N(S(=O)(=O)c4ccc(F)cc4F)c4ccc(C(=O)O)cc43)CC2)CC1. The van der Waals surface area contributed by atoms with Crippen LogP contribution in [0.1, 0.15) is 61.0 Å². The fourth-order valence-corrected chi connectivity index (χ4v) is 9.26. The molecule has 51 heavy (non-hydrogen) atoms. The van der Waals surface area contributed by atoms with Crippen molar-refractivity contribution in [2.24, 2.45) is 0 Å². The van der Waals surface area contributed by atoms with E-state index in [1.807, 2.05) is 0 Å². The predicted molar refractivity (Wildman–Crippen MR) is 185 cm³/mol. The number of likely N-dealkylation sites (tertiary alicyclic amines) is 1. The number of hydrogen-bond acceptors (Lipinski definition) is 8. The van der Waals surface area contributed by atoms with Crippen LogP contribution in [0.2, 0.25) is 0 Å². The van der Waals surface area contributed by atoms with Crippen molar-refractivity contribution in [1.82, 2.24) is 14.7 Å². The van der Waals surface area contributed by atoms with Gasteiger partial charge in [0.15, 0.2) is 0 Å². The highest BCUT2D eigenvalue weighted by molar-refractivity contribution is 7.93. The Morgan fingerprint density at radius 1 is 0.922 bits per heavy atom. The number of sulfonamides is 1. The van der Waals surface area contributed by atoms with E-state index >= 15 is 9.18 Å². The molecule has 2 saturated heterocycles. The molecule has 0 radical (unpaired) electrons. The minimum Gasteiger partial charge on any atom is -0.494 e. The zero-order valence-corrected chi connectivity index (χ0v) is 29.5. The van der Waals surface area contributed by atoms with E-state index in [2.05, 4.69) is 16.7 Å². The van der Waals surface area contributed by atoms with Crippen LogP contribution in [0.25, 0.3) is 0 Å². The molecule has 3 aliphatic heterocycles. The highest BCUT2D eigenvalue weighted by atomic mass is 32.2. The van der Waals surface area contributed by atoms with Crippen molar-refractivity contribution in [3.8, 4) is 5.75 Å². The van der Waals surface area contributed by atoms with Crippen LogP contribution in [0.4, 0.5) is 14.5 Å². The fourth-order valence-electron chi connectivity index (χ4n) is 7.72. The highest BCUT2D eigenvalue weighted by Gasteiger charge is 2.59. The molecule has 0 aromatic heterocycles. The number of anilines is 1. The van der Waals surface area contributed by atoms with Crippen LogP contribution >= 0.6 is 0 Å². The molecule has 14 heteroatoms. The third-order valence-electron chi connectivity index (χ3n) is 10.2. The van der Waals surface area contributed by atoms with Gasteiger partial charge in [0.2, 0.25) is 5.91 Å². The van der Waals surface area contributed by atoms with Gasteiger partial charge in [-0.15, -0.1) is 0 Å². The number of carbonyl (C=O) groups excluding carboxylic acids is 2. The fraction of sp³-hybridized carbons (Fsp3) is 0.432. The van der Waals surface area contributed by atoms with Crippen LogP contribution in [0.3, 0.4) is 0 Å². The lowest BCUT2D eigenvalue weighted by Gasteiger charge is -2.43. The lowest BCUT2D eigenvalue weighted by molar-refractivity contribution is -0.136. The number of carboxylic acids is 1. The van der Waals surface area contributed by atoms with E-state index in [-0.39, 0.29) is 34.7 Å². The Bertz CT molecular complexity index is 1930. The molecular weight excluding hydrogens is 682 g/mol. The number of aromatic carboxylic acids is 1. The maximum absolute atomic E-state index is 15.1. The summed E-state index contributed by atoms with van der Waals surface area (Å²) in [6.07, 6.45) is 2.00. The smallest absolute Gasteiger partial charge is 0.335 e. The molecule has 1 atom stereocenters. The monoisotopic (exact) mass is 724 g/mol. The molecule has 1 unspecified atom stereocenters. The molecule has 6 rings (SSSR count). The molecule has 11 nitrogen and oxygen atoms in total. The second-order valence-corrected chi connectivity index (χ2v) is 14.9. The van der Waals surface area contributed by atoms with Gasteiger partial charge in [-0.2, -0.15) is 0 Å². The average molecular weight is 725 g/mol. The number of piperidine rings is 1. The van der Waals surface area contributed by atoms with Crippen molar-refractivity contribution in [1.29, 1.82) is 0 Å². The molecule has 3 aromatic rings. The van der Waals surface area contributed by atoms with Crippen LogP contribution in [-0.2, 0) is 25.0 Å². The molecule has 3 aliphatic rings.